The lowest BCUT2D eigenvalue weighted by molar-refractivity contribution is -0.394. The molecule has 10 nitrogen and oxygen atoms in total. The number of phenols is 1. The largest absolute Gasteiger partial charge is 0.508 e. The summed E-state index contributed by atoms with van der Waals surface area (Å²) in [6, 6.07) is 6.30. The zero-order chi connectivity index (χ0) is 15.2. The van der Waals surface area contributed by atoms with Gasteiger partial charge in [-0.25, -0.2) is 5.43 Å². The first-order valence-electron chi connectivity index (χ1n) is 5.69. The van der Waals surface area contributed by atoms with Gasteiger partial charge in [0.05, 0.1) is 6.21 Å². The lowest BCUT2D eigenvalue weighted by Gasteiger charge is -1.97. The number of carbonyl (C=O) groups is 1. The quantitative estimate of drug-likeness (QED) is 0.453. The van der Waals surface area contributed by atoms with Crippen molar-refractivity contribution in [3.63, 3.8) is 0 Å². The number of aromatic nitrogens is 3. The molecule has 0 spiro atoms. The smallest absolute Gasteiger partial charge is 0.490 e. The number of phenolic OH excluding ortho intramolecular Hbond substituents is 1. The van der Waals surface area contributed by atoms with Gasteiger partial charge in [0.2, 0.25) is 6.33 Å². The Morgan fingerprint density at radius 1 is 1.57 bits per heavy atom. The predicted octanol–water partition coefficient (Wildman–Crippen LogP) is 0.0422. The van der Waals surface area contributed by atoms with Gasteiger partial charge in [-0.15, -0.1) is 0 Å². The van der Waals surface area contributed by atoms with E-state index in [2.05, 4.69) is 20.6 Å². The van der Waals surface area contributed by atoms with E-state index in [0.717, 1.165) is 11.0 Å². The van der Waals surface area contributed by atoms with E-state index in [4.69, 9.17) is 0 Å². The van der Waals surface area contributed by atoms with Gasteiger partial charge in [0.1, 0.15) is 12.3 Å². The summed E-state index contributed by atoms with van der Waals surface area (Å²) >= 11 is 0. The van der Waals surface area contributed by atoms with Crippen LogP contribution in [0.25, 0.3) is 0 Å². The molecule has 1 aromatic carbocycles. The fraction of sp³-hybridized carbons (Fsp3) is 0.0909. The maximum Gasteiger partial charge on any atom is 0.490 e. The number of nitro groups is 1. The number of hydrogen-bond donors (Lipinski definition) is 2. The van der Waals surface area contributed by atoms with Crippen molar-refractivity contribution in [3.05, 3.63) is 46.3 Å². The van der Waals surface area contributed by atoms with Crippen LogP contribution in [-0.4, -0.2) is 36.9 Å². The lowest BCUT2D eigenvalue weighted by Crippen LogP contribution is -2.23. The molecule has 108 valence electrons. The average molecular weight is 290 g/mol. The minimum atomic E-state index is -0.756. The van der Waals surface area contributed by atoms with Crippen LogP contribution < -0.4 is 5.43 Å². The summed E-state index contributed by atoms with van der Waals surface area (Å²) in [5.41, 5.74) is 2.83. The summed E-state index contributed by atoms with van der Waals surface area (Å²) in [7, 11) is 0. The molecule has 1 heterocycles. The van der Waals surface area contributed by atoms with E-state index >= 15 is 0 Å². The number of aromatic hydroxyl groups is 1. The molecule has 0 saturated heterocycles. The molecule has 2 N–H and O–H groups in total. The summed E-state index contributed by atoms with van der Waals surface area (Å²) in [5, 5.41) is 26.8. The van der Waals surface area contributed by atoms with Gasteiger partial charge in [0.15, 0.2) is 0 Å². The van der Waals surface area contributed by atoms with Crippen LogP contribution in [0.2, 0.25) is 0 Å². The van der Waals surface area contributed by atoms with Gasteiger partial charge in [-0.1, -0.05) is 17.1 Å². The molecule has 21 heavy (non-hydrogen) atoms. The van der Waals surface area contributed by atoms with Gasteiger partial charge in [-0.05, 0) is 22.6 Å². The number of benzene rings is 1. The number of nitrogens with zero attached hydrogens (tertiary/aromatic N) is 5. The Labute approximate surface area is 117 Å². The van der Waals surface area contributed by atoms with Gasteiger partial charge in [0, 0.05) is 5.10 Å². The third kappa shape index (κ3) is 4.09. The Morgan fingerprint density at radius 2 is 2.38 bits per heavy atom. The summed E-state index contributed by atoms with van der Waals surface area (Å²) in [5.74, 6) is -1.02. The molecule has 0 aliphatic carbocycles. The molecule has 0 fully saturated rings. The monoisotopic (exact) mass is 290 g/mol. The molecular formula is C11H10N6O4. The highest BCUT2D eigenvalue weighted by molar-refractivity contribution is 5.82. The SMILES string of the molecule is O=C(Cn1cnc([N+](=O)[O-])n1)NN=Cc1cccc(O)c1. The highest BCUT2D eigenvalue weighted by Gasteiger charge is 2.14. The van der Waals surface area contributed by atoms with Crippen molar-refractivity contribution in [3.8, 4) is 5.75 Å². The molecule has 1 aromatic heterocycles. The van der Waals surface area contributed by atoms with Crippen molar-refractivity contribution in [1.29, 1.82) is 0 Å². The van der Waals surface area contributed by atoms with E-state index in [1.54, 1.807) is 12.1 Å². The number of amides is 1. The van der Waals surface area contributed by atoms with Crippen molar-refractivity contribution >= 4 is 18.1 Å². The Hall–Kier alpha value is -3.30. The molecule has 1 amide bonds. The van der Waals surface area contributed by atoms with Gasteiger partial charge in [-0.3, -0.25) is 4.79 Å². The van der Waals surface area contributed by atoms with E-state index in [1.807, 2.05) is 0 Å². The Morgan fingerprint density at radius 3 is 3.05 bits per heavy atom. The third-order valence-corrected chi connectivity index (χ3v) is 2.27. The molecular weight excluding hydrogens is 280 g/mol. The maximum atomic E-state index is 11.5. The zero-order valence-electron chi connectivity index (χ0n) is 10.6. The Bertz CT molecular complexity index is 696. The van der Waals surface area contributed by atoms with Crippen LogP contribution in [0.15, 0.2) is 35.7 Å². The number of nitrogens with one attached hydrogen (secondary N) is 1. The molecule has 0 aliphatic heterocycles. The Balaban J connectivity index is 1.88. The fourth-order valence-electron chi connectivity index (χ4n) is 1.41. The van der Waals surface area contributed by atoms with Gasteiger partial charge in [-0.2, -0.15) is 9.78 Å². The summed E-state index contributed by atoms with van der Waals surface area (Å²) in [6.07, 6.45) is 2.43. The molecule has 2 aromatic rings. The minimum Gasteiger partial charge on any atom is -0.508 e. The van der Waals surface area contributed by atoms with Crippen LogP contribution in [0.1, 0.15) is 5.56 Å². The van der Waals surface area contributed by atoms with Crippen LogP contribution in [-0.2, 0) is 11.3 Å². The normalized spacial score (nSPS) is 10.7. The topological polar surface area (TPSA) is 136 Å². The number of hydrogen-bond acceptors (Lipinski definition) is 7. The third-order valence-electron chi connectivity index (χ3n) is 2.27. The van der Waals surface area contributed by atoms with Crippen LogP contribution in [0.3, 0.4) is 0 Å². The maximum absolute atomic E-state index is 11.5. The van der Waals surface area contributed by atoms with E-state index in [1.165, 1.54) is 18.3 Å². The standard InChI is InChI=1S/C11H10N6O4/c18-9-3-1-2-8(4-9)5-13-14-10(19)6-16-7-12-11(15-16)17(20)21/h1-5,7,18H,6H2,(H,14,19). The van der Waals surface area contributed by atoms with Gasteiger partial charge in [0.25, 0.3) is 5.91 Å². The summed E-state index contributed by atoms with van der Waals surface area (Å²) < 4.78 is 1.03. The van der Waals surface area contributed by atoms with E-state index < -0.39 is 16.8 Å². The van der Waals surface area contributed by atoms with Crippen molar-refractivity contribution in [2.24, 2.45) is 5.10 Å². The first-order valence-corrected chi connectivity index (χ1v) is 5.69. The van der Waals surface area contributed by atoms with Crippen LogP contribution >= 0.6 is 0 Å². The molecule has 0 radical (unpaired) electrons. The first-order chi connectivity index (χ1) is 10.0. The molecule has 0 unspecified atom stereocenters. The zero-order valence-corrected chi connectivity index (χ0v) is 10.6. The van der Waals surface area contributed by atoms with Crippen LogP contribution in [0.5, 0.6) is 5.75 Å². The lowest BCUT2D eigenvalue weighted by atomic mass is 10.2. The Kier molecular flexibility index (Phi) is 4.19. The fourth-order valence-corrected chi connectivity index (χ4v) is 1.41. The molecule has 0 atom stereocenters. The van der Waals surface area contributed by atoms with Gasteiger partial charge >= 0.3 is 5.95 Å². The van der Waals surface area contributed by atoms with E-state index in [0.29, 0.717) is 5.56 Å². The van der Waals surface area contributed by atoms with Crippen molar-refractivity contribution < 1.29 is 14.8 Å². The highest BCUT2D eigenvalue weighted by Crippen LogP contribution is 2.08. The van der Waals surface area contributed by atoms with Crippen LogP contribution in [0.4, 0.5) is 5.95 Å². The molecule has 2 rings (SSSR count). The summed E-state index contributed by atoms with van der Waals surface area (Å²) in [4.78, 5) is 24.6. The second kappa shape index (κ2) is 6.23. The average Bonchev–Trinajstić information content (AvgIpc) is 2.87. The van der Waals surface area contributed by atoms with Crippen molar-refractivity contribution in [2.75, 3.05) is 0 Å². The second-order valence-corrected chi connectivity index (χ2v) is 3.89. The number of hydrazone groups is 1. The molecule has 0 saturated carbocycles. The molecule has 0 aliphatic rings. The van der Waals surface area contributed by atoms with E-state index in [-0.39, 0.29) is 12.3 Å². The second-order valence-electron chi connectivity index (χ2n) is 3.89. The minimum absolute atomic E-state index is 0.0835. The van der Waals surface area contributed by atoms with Gasteiger partial charge < -0.3 is 15.2 Å². The molecule has 10 heteroatoms. The van der Waals surface area contributed by atoms with Crippen molar-refractivity contribution in [2.45, 2.75) is 6.54 Å². The highest BCUT2D eigenvalue weighted by atomic mass is 16.6. The number of carbonyl (C=O) groups excluding carboxylic acids is 1. The van der Waals surface area contributed by atoms with Crippen LogP contribution in [0, 0.1) is 10.1 Å². The number of rotatable bonds is 5. The van der Waals surface area contributed by atoms with Crippen molar-refractivity contribution in [1.82, 2.24) is 20.2 Å². The first kappa shape index (κ1) is 14.1. The predicted molar refractivity (Wildman–Crippen MR) is 70.5 cm³/mol. The summed E-state index contributed by atoms with van der Waals surface area (Å²) in [6.45, 7) is -0.252. The molecule has 0 bridgehead atoms. The van der Waals surface area contributed by atoms with E-state index in [9.17, 15) is 20.0 Å².